The van der Waals surface area contributed by atoms with Crippen LogP contribution in [0.3, 0.4) is 0 Å². The molecule has 5 rings (SSSR count). The standard InChI is InChI=1S/C27H27N3OS/c1-19-15-21(16-20-7-3-2-4-8-20)17-24(28-19)22-13-14-30(18-22)27(31)12-11-26-29-23-9-5-6-10-25(23)32-26/h2-10,15,17,22H,11-14,16,18H2,1H3/t22-/m1/s1. The Kier molecular flexibility index (Phi) is 5.99. The highest BCUT2D eigenvalue weighted by Crippen LogP contribution is 2.28. The molecule has 1 amide bonds. The van der Waals surface area contributed by atoms with Crippen molar-refractivity contribution in [1.29, 1.82) is 0 Å². The predicted octanol–water partition coefficient (Wildman–Crippen LogP) is 5.54. The normalized spacial score (nSPS) is 16.0. The molecule has 0 radical (unpaired) electrons. The van der Waals surface area contributed by atoms with Crippen molar-refractivity contribution in [1.82, 2.24) is 14.9 Å². The van der Waals surface area contributed by atoms with E-state index in [4.69, 9.17) is 4.98 Å². The van der Waals surface area contributed by atoms with Gasteiger partial charge >= 0.3 is 0 Å². The van der Waals surface area contributed by atoms with E-state index < -0.39 is 0 Å². The van der Waals surface area contributed by atoms with Crippen molar-refractivity contribution >= 4 is 27.5 Å². The Hall–Kier alpha value is -3.05. The Morgan fingerprint density at radius 3 is 2.69 bits per heavy atom. The molecule has 0 N–H and O–H groups in total. The second-order valence-electron chi connectivity index (χ2n) is 8.60. The summed E-state index contributed by atoms with van der Waals surface area (Å²) in [5.41, 5.74) is 5.80. The number of thiazole rings is 1. The van der Waals surface area contributed by atoms with Crippen LogP contribution in [0.5, 0.6) is 0 Å². The van der Waals surface area contributed by atoms with Gasteiger partial charge in [0.1, 0.15) is 0 Å². The number of pyridine rings is 1. The fourth-order valence-electron chi connectivity index (χ4n) is 4.54. The minimum Gasteiger partial charge on any atom is -0.342 e. The van der Waals surface area contributed by atoms with Gasteiger partial charge in [-0.25, -0.2) is 4.98 Å². The van der Waals surface area contributed by atoms with Crippen molar-refractivity contribution in [3.63, 3.8) is 0 Å². The summed E-state index contributed by atoms with van der Waals surface area (Å²) in [5, 5.41) is 1.04. The average Bonchev–Trinajstić information content (AvgIpc) is 3.45. The SMILES string of the molecule is Cc1cc(Cc2ccccc2)cc([C@@H]2CCN(C(=O)CCc3nc4ccccc4s3)C2)n1. The van der Waals surface area contributed by atoms with Crippen LogP contribution < -0.4 is 0 Å². The largest absolute Gasteiger partial charge is 0.342 e. The van der Waals surface area contributed by atoms with Gasteiger partial charge in [-0.05, 0) is 55.2 Å². The number of para-hydroxylation sites is 1. The first kappa shape index (κ1) is 20.8. The lowest BCUT2D eigenvalue weighted by molar-refractivity contribution is -0.130. The molecule has 0 aliphatic carbocycles. The van der Waals surface area contributed by atoms with Crippen molar-refractivity contribution in [3.8, 4) is 0 Å². The molecule has 3 heterocycles. The summed E-state index contributed by atoms with van der Waals surface area (Å²) in [6.07, 6.45) is 3.12. The van der Waals surface area contributed by atoms with E-state index in [2.05, 4.69) is 54.4 Å². The van der Waals surface area contributed by atoms with Crippen LogP contribution in [-0.4, -0.2) is 33.9 Å². The molecule has 1 atom stereocenters. The van der Waals surface area contributed by atoms with Crippen LogP contribution in [-0.2, 0) is 17.6 Å². The maximum atomic E-state index is 12.9. The number of hydrogen-bond acceptors (Lipinski definition) is 4. The second kappa shape index (κ2) is 9.21. The van der Waals surface area contributed by atoms with E-state index in [0.717, 1.165) is 47.8 Å². The maximum absolute atomic E-state index is 12.9. The maximum Gasteiger partial charge on any atom is 0.223 e. The third kappa shape index (κ3) is 4.73. The van der Waals surface area contributed by atoms with Gasteiger partial charge < -0.3 is 4.90 Å². The molecule has 4 nitrogen and oxygen atoms in total. The number of hydrogen-bond donors (Lipinski definition) is 0. The molecule has 32 heavy (non-hydrogen) atoms. The molecule has 0 saturated carbocycles. The first-order chi connectivity index (χ1) is 15.6. The van der Waals surface area contributed by atoms with E-state index in [9.17, 15) is 4.79 Å². The molecule has 2 aromatic heterocycles. The topological polar surface area (TPSA) is 46.1 Å². The zero-order valence-electron chi connectivity index (χ0n) is 18.3. The highest BCUT2D eigenvalue weighted by Gasteiger charge is 2.28. The van der Waals surface area contributed by atoms with Crippen LogP contribution in [0.4, 0.5) is 0 Å². The van der Waals surface area contributed by atoms with Gasteiger partial charge in [0.2, 0.25) is 5.91 Å². The van der Waals surface area contributed by atoms with Crippen molar-refractivity contribution in [3.05, 3.63) is 94.3 Å². The molecule has 2 aromatic carbocycles. The van der Waals surface area contributed by atoms with Crippen molar-refractivity contribution < 1.29 is 4.79 Å². The number of rotatable bonds is 6. The van der Waals surface area contributed by atoms with Crippen LogP contribution in [0.1, 0.15) is 46.3 Å². The van der Waals surface area contributed by atoms with E-state index in [0.29, 0.717) is 18.8 Å². The van der Waals surface area contributed by atoms with Gasteiger partial charge in [-0.3, -0.25) is 9.78 Å². The van der Waals surface area contributed by atoms with Crippen molar-refractivity contribution in [2.45, 2.75) is 38.5 Å². The number of carbonyl (C=O) groups is 1. The Morgan fingerprint density at radius 1 is 1.03 bits per heavy atom. The quantitative estimate of drug-likeness (QED) is 0.395. The molecule has 0 spiro atoms. The molecule has 162 valence electrons. The number of aromatic nitrogens is 2. The molecule has 0 unspecified atom stereocenters. The Balaban J connectivity index is 1.21. The number of carbonyl (C=O) groups excluding carboxylic acids is 1. The summed E-state index contributed by atoms with van der Waals surface area (Å²) >= 11 is 1.69. The number of benzene rings is 2. The van der Waals surface area contributed by atoms with Crippen LogP contribution in [0, 0.1) is 6.92 Å². The summed E-state index contributed by atoms with van der Waals surface area (Å²) in [6.45, 7) is 3.64. The highest BCUT2D eigenvalue weighted by molar-refractivity contribution is 7.18. The third-order valence-electron chi connectivity index (χ3n) is 6.13. The predicted molar refractivity (Wildman–Crippen MR) is 130 cm³/mol. The molecule has 5 heteroatoms. The molecule has 1 fully saturated rings. The number of aryl methyl sites for hydroxylation is 2. The highest BCUT2D eigenvalue weighted by atomic mass is 32.1. The first-order valence-corrected chi connectivity index (χ1v) is 12.1. The fourth-order valence-corrected chi connectivity index (χ4v) is 5.50. The summed E-state index contributed by atoms with van der Waals surface area (Å²) in [4.78, 5) is 24.4. The number of likely N-dealkylation sites (tertiary alicyclic amines) is 1. The van der Waals surface area contributed by atoms with Gasteiger partial charge in [-0.2, -0.15) is 0 Å². The Bertz CT molecular complexity index is 1200. The molecule has 0 bridgehead atoms. The lowest BCUT2D eigenvalue weighted by Crippen LogP contribution is -2.28. The summed E-state index contributed by atoms with van der Waals surface area (Å²) in [5.74, 6) is 0.541. The van der Waals surface area contributed by atoms with E-state index in [-0.39, 0.29) is 5.91 Å². The van der Waals surface area contributed by atoms with Crippen LogP contribution in [0.25, 0.3) is 10.2 Å². The van der Waals surface area contributed by atoms with Gasteiger partial charge in [-0.1, -0.05) is 42.5 Å². The van der Waals surface area contributed by atoms with E-state index in [1.807, 2.05) is 29.2 Å². The van der Waals surface area contributed by atoms with Crippen LogP contribution in [0.2, 0.25) is 0 Å². The van der Waals surface area contributed by atoms with E-state index in [1.165, 1.54) is 15.8 Å². The summed E-state index contributed by atoms with van der Waals surface area (Å²) in [7, 11) is 0. The molecule has 1 saturated heterocycles. The first-order valence-electron chi connectivity index (χ1n) is 11.3. The van der Waals surface area contributed by atoms with Gasteiger partial charge in [0, 0.05) is 43.2 Å². The summed E-state index contributed by atoms with van der Waals surface area (Å²) in [6, 6.07) is 23.1. The molecule has 1 aliphatic heterocycles. The van der Waals surface area contributed by atoms with Crippen LogP contribution >= 0.6 is 11.3 Å². The van der Waals surface area contributed by atoms with Gasteiger partial charge in [0.25, 0.3) is 0 Å². The average molecular weight is 442 g/mol. The molecule has 1 aliphatic rings. The van der Waals surface area contributed by atoms with Gasteiger partial charge in [0.15, 0.2) is 0 Å². The van der Waals surface area contributed by atoms with E-state index >= 15 is 0 Å². The van der Waals surface area contributed by atoms with E-state index in [1.54, 1.807) is 11.3 Å². The zero-order valence-corrected chi connectivity index (χ0v) is 19.1. The van der Waals surface area contributed by atoms with Crippen molar-refractivity contribution in [2.24, 2.45) is 0 Å². The fraction of sp³-hybridized carbons (Fsp3) is 0.296. The second-order valence-corrected chi connectivity index (χ2v) is 9.72. The van der Waals surface area contributed by atoms with Gasteiger partial charge in [-0.15, -0.1) is 11.3 Å². The van der Waals surface area contributed by atoms with Gasteiger partial charge in [0.05, 0.1) is 15.2 Å². The number of fused-ring (bicyclic) bond motifs is 1. The minimum absolute atomic E-state index is 0.226. The Morgan fingerprint density at radius 2 is 1.84 bits per heavy atom. The summed E-state index contributed by atoms with van der Waals surface area (Å²) < 4.78 is 1.19. The van der Waals surface area contributed by atoms with Crippen LogP contribution in [0.15, 0.2) is 66.7 Å². The van der Waals surface area contributed by atoms with Crippen molar-refractivity contribution in [2.75, 3.05) is 13.1 Å². The Labute approximate surface area is 193 Å². The third-order valence-corrected chi connectivity index (χ3v) is 7.23. The molecular formula is C27H27N3OS. The molecule has 4 aromatic rings. The number of nitrogens with zero attached hydrogens (tertiary/aromatic N) is 3. The minimum atomic E-state index is 0.226. The molecular weight excluding hydrogens is 414 g/mol. The monoisotopic (exact) mass is 441 g/mol. The lowest BCUT2D eigenvalue weighted by atomic mass is 9.98. The lowest BCUT2D eigenvalue weighted by Gasteiger charge is -2.17. The number of amides is 1. The zero-order chi connectivity index (χ0) is 21.9. The smallest absolute Gasteiger partial charge is 0.223 e.